The van der Waals surface area contributed by atoms with Crippen LogP contribution in [0.25, 0.3) is 0 Å². The number of thiophene rings is 2. The average Bonchev–Trinajstić information content (AvgIpc) is 3.56. The molecule has 4 amide bonds. The molecular weight excluding hydrogens is 681 g/mol. The third kappa shape index (κ3) is 8.96. The van der Waals surface area contributed by atoms with E-state index in [0.717, 1.165) is 22.7 Å². The maximum absolute atomic E-state index is 13.4. The Labute approximate surface area is 301 Å². The number of nitrogens with one attached hydrogen (secondary N) is 2. The summed E-state index contributed by atoms with van der Waals surface area (Å²) < 4.78 is 10.9. The second-order valence-corrected chi connectivity index (χ2v) is 13.9. The van der Waals surface area contributed by atoms with Gasteiger partial charge in [0.15, 0.2) is 0 Å². The van der Waals surface area contributed by atoms with Gasteiger partial charge in [0.1, 0.15) is 10.0 Å². The number of benzene rings is 1. The highest BCUT2D eigenvalue weighted by molar-refractivity contribution is 7.19. The molecule has 270 valence electrons. The Kier molecular flexibility index (Phi) is 13.9. The van der Waals surface area contributed by atoms with Crippen LogP contribution in [0.15, 0.2) is 24.3 Å². The molecule has 0 fully saturated rings. The van der Waals surface area contributed by atoms with Crippen molar-refractivity contribution in [2.45, 2.75) is 81.4 Å². The Balaban J connectivity index is 1.91. The average molecular weight is 727 g/mol. The number of hydrogen-bond donors (Lipinski definition) is 2. The van der Waals surface area contributed by atoms with Crippen LogP contribution in [0.2, 0.25) is 0 Å². The molecule has 0 radical (unpaired) electrons. The van der Waals surface area contributed by atoms with E-state index in [1.165, 1.54) is 24.3 Å². The molecule has 0 spiro atoms. The smallest absolute Gasteiger partial charge is 0.341 e. The molecule has 0 aliphatic heterocycles. The highest BCUT2D eigenvalue weighted by atomic mass is 32.1. The van der Waals surface area contributed by atoms with Gasteiger partial charge >= 0.3 is 11.9 Å². The van der Waals surface area contributed by atoms with Crippen molar-refractivity contribution in [1.82, 2.24) is 9.80 Å². The Hall–Kier alpha value is -4.56. The fourth-order valence-corrected chi connectivity index (χ4v) is 7.40. The molecule has 3 aromatic rings. The normalized spacial score (nSPS) is 11.0. The first-order valence-corrected chi connectivity index (χ1v) is 18.2. The number of rotatable bonds is 14. The lowest BCUT2D eigenvalue weighted by Crippen LogP contribution is -2.30. The first-order chi connectivity index (χ1) is 23.6. The molecule has 2 N–H and O–H groups in total. The van der Waals surface area contributed by atoms with Crippen LogP contribution in [0.5, 0.6) is 0 Å². The van der Waals surface area contributed by atoms with E-state index in [1.807, 2.05) is 27.7 Å². The van der Waals surface area contributed by atoms with Crippen molar-refractivity contribution in [2.24, 2.45) is 0 Å². The number of anilines is 2. The van der Waals surface area contributed by atoms with E-state index in [9.17, 15) is 28.8 Å². The van der Waals surface area contributed by atoms with Crippen LogP contribution in [0.1, 0.15) is 127 Å². The van der Waals surface area contributed by atoms with Crippen LogP contribution in [-0.4, -0.2) is 83.8 Å². The third-order valence-electron chi connectivity index (χ3n) is 7.74. The summed E-state index contributed by atoms with van der Waals surface area (Å²) >= 11 is 2.01. The third-order valence-corrected chi connectivity index (χ3v) is 10.1. The fraction of sp³-hybridized carbons (Fsp3) is 0.444. The first-order valence-electron chi connectivity index (χ1n) is 16.6. The van der Waals surface area contributed by atoms with Gasteiger partial charge in [0.25, 0.3) is 23.6 Å². The minimum atomic E-state index is -0.655. The van der Waals surface area contributed by atoms with Gasteiger partial charge in [0, 0.05) is 37.3 Å². The van der Waals surface area contributed by atoms with Gasteiger partial charge in [-0.1, -0.05) is 0 Å². The molecule has 2 heterocycles. The second kappa shape index (κ2) is 17.4. The quantitative estimate of drug-likeness (QED) is 0.168. The van der Waals surface area contributed by atoms with Gasteiger partial charge in [-0.15, -0.1) is 22.7 Å². The molecule has 14 heteroatoms. The fourth-order valence-electron chi connectivity index (χ4n) is 5.08. The topological polar surface area (TPSA) is 151 Å². The van der Waals surface area contributed by atoms with Crippen LogP contribution in [0.3, 0.4) is 0 Å². The number of ether oxygens (including phenoxy) is 2. The standard InChI is InChI=1S/C36H46N4O8S2/c1-11-39(12-2)33(43)27-21(9)25(35(45)47-19(5)6)31(49-27)37-29(41)23-15-17-24(18-16-23)30(42)38-32-26(36(46)48-20(7)8)22(10)28(50-32)34(44)40(13-3)14-4/h15-20H,11-14H2,1-10H3,(H,37,41)(H,38,42). The molecule has 0 unspecified atom stereocenters. The number of hydrogen-bond acceptors (Lipinski definition) is 10. The lowest BCUT2D eigenvalue weighted by atomic mass is 10.1. The van der Waals surface area contributed by atoms with Crippen LogP contribution in [-0.2, 0) is 9.47 Å². The zero-order valence-electron chi connectivity index (χ0n) is 30.3. The van der Waals surface area contributed by atoms with Crippen molar-refractivity contribution in [3.8, 4) is 0 Å². The number of nitrogens with zero attached hydrogens (tertiary/aromatic N) is 2. The molecule has 0 saturated heterocycles. The zero-order valence-corrected chi connectivity index (χ0v) is 31.9. The molecule has 0 aliphatic carbocycles. The monoisotopic (exact) mass is 726 g/mol. The van der Waals surface area contributed by atoms with Crippen molar-refractivity contribution in [1.29, 1.82) is 0 Å². The predicted octanol–water partition coefficient (Wildman–Crippen LogP) is 7.03. The van der Waals surface area contributed by atoms with Crippen LogP contribution in [0.4, 0.5) is 10.0 Å². The lowest BCUT2D eigenvalue weighted by Gasteiger charge is -2.18. The van der Waals surface area contributed by atoms with E-state index in [2.05, 4.69) is 10.6 Å². The van der Waals surface area contributed by atoms with E-state index in [-0.39, 0.29) is 44.1 Å². The second-order valence-electron chi connectivity index (χ2n) is 11.9. The zero-order chi connectivity index (χ0) is 37.4. The molecule has 2 aromatic heterocycles. The maximum Gasteiger partial charge on any atom is 0.341 e. The van der Waals surface area contributed by atoms with Gasteiger partial charge in [-0.3, -0.25) is 19.2 Å². The van der Waals surface area contributed by atoms with Gasteiger partial charge in [0.05, 0.1) is 33.1 Å². The molecular formula is C36H46N4O8S2. The summed E-state index contributed by atoms with van der Waals surface area (Å²) in [4.78, 5) is 83.3. The summed E-state index contributed by atoms with van der Waals surface area (Å²) in [6.07, 6.45) is -0.842. The molecule has 0 atom stereocenters. The Morgan fingerprint density at radius 3 is 1.16 bits per heavy atom. The number of carbonyl (C=O) groups excluding carboxylic acids is 6. The summed E-state index contributed by atoms with van der Waals surface area (Å²) in [6.45, 7) is 19.5. The molecule has 3 rings (SSSR count). The Bertz CT molecular complexity index is 1620. The maximum atomic E-state index is 13.4. The van der Waals surface area contributed by atoms with E-state index in [1.54, 1.807) is 51.3 Å². The number of amides is 4. The van der Waals surface area contributed by atoms with Gasteiger partial charge in [-0.25, -0.2) is 9.59 Å². The van der Waals surface area contributed by atoms with Gasteiger partial charge in [-0.05, 0) is 105 Å². The summed E-state index contributed by atoms with van der Waals surface area (Å²) in [6, 6.07) is 5.78. The number of esters is 2. The molecule has 12 nitrogen and oxygen atoms in total. The summed E-state index contributed by atoms with van der Waals surface area (Å²) in [5.41, 5.74) is 1.44. The van der Waals surface area contributed by atoms with Crippen LogP contribution in [0, 0.1) is 13.8 Å². The summed E-state index contributed by atoms with van der Waals surface area (Å²) in [7, 11) is 0. The van der Waals surface area contributed by atoms with Crippen LogP contribution >= 0.6 is 22.7 Å². The van der Waals surface area contributed by atoms with Crippen molar-refractivity contribution in [3.05, 3.63) is 67.4 Å². The molecule has 0 bridgehead atoms. The summed E-state index contributed by atoms with van der Waals surface area (Å²) in [5, 5.41) is 5.87. The van der Waals surface area contributed by atoms with Gasteiger partial charge < -0.3 is 29.9 Å². The molecule has 50 heavy (non-hydrogen) atoms. The van der Waals surface area contributed by atoms with E-state index in [4.69, 9.17) is 9.47 Å². The SMILES string of the molecule is CCN(CC)C(=O)c1sc(NC(=O)c2ccc(C(=O)Nc3sc(C(=O)N(CC)CC)c(C)c3C(=O)OC(C)C)cc2)c(C(=O)OC(C)C)c1C. The van der Waals surface area contributed by atoms with Crippen molar-refractivity contribution >= 4 is 68.2 Å². The molecule has 0 aliphatic rings. The molecule has 0 saturated carbocycles. The molecule has 1 aromatic carbocycles. The van der Waals surface area contributed by atoms with Crippen molar-refractivity contribution < 1.29 is 38.2 Å². The Morgan fingerprint density at radius 2 is 0.900 bits per heavy atom. The van der Waals surface area contributed by atoms with Crippen molar-refractivity contribution in [3.63, 3.8) is 0 Å². The predicted molar refractivity (Wildman–Crippen MR) is 196 cm³/mol. The number of carbonyl (C=O) groups is 6. The largest absolute Gasteiger partial charge is 0.459 e. The highest BCUT2D eigenvalue weighted by Crippen LogP contribution is 2.37. The van der Waals surface area contributed by atoms with E-state index >= 15 is 0 Å². The van der Waals surface area contributed by atoms with Gasteiger partial charge in [-0.2, -0.15) is 0 Å². The van der Waals surface area contributed by atoms with E-state index in [0.29, 0.717) is 47.1 Å². The van der Waals surface area contributed by atoms with Crippen molar-refractivity contribution in [2.75, 3.05) is 36.8 Å². The minimum absolute atomic E-state index is 0.112. The van der Waals surface area contributed by atoms with Gasteiger partial charge in [0.2, 0.25) is 0 Å². The Morgan fingerprint density at radius 1 is 0.600 bits per heavy atom. The minimum Gasteiger partial charge on any atom is -0.459 e. The summed E-state index contributed by atoms with van der Waals surface area (Å²) in [5.74, 6) is -2.94. The highest BCUT2D eigenvalue weighted by Gasteiger charge is 2.31. The first kappa shape index (κ1) is 39.9. The van der Waals surface area contributed by atoms with Crippen LogP contribution < -0.4 is 10.6 Å². The van der Waals surface area contributed by atoms with E-state index < -0.39 is 36.0 Å². The lowest BCUT2D eigenvalue weighted by molar-refractivity contribution is 0.0367.